The molecule has 0 radical (unpaired) electrons. The van der Waals surface area contributed by atoms with E-state index in [1.807, 2.05) is 83.4 Å². The molecule has 0 bridgehead atoms. The van der Waals surface area contributed by atoms with Crippen LogP contribution in [0.15, 0.2) is 84.9 Å². The van der Waals surface area contributed by atoms with Crippen LogP contribution in [0.1, 0.15) is 17.4 Å². The summed E-state index contributed by atoms with van der Waals surface area (Å²) in [4.78, 5) is 17.9. The summed E-state index contributed by atoms with van der Waals surface area (Å²) in [6, 6.07) is 26.8. The number of halogens is 1. The van der Waals surface area contributed by atoms with E-state index >= 15 is 0 Å². The lowest BCUT2D eigenvalue weighted by molar-refractivity contribution is 0.0518. The van der Waals surface area contributed by atoms with E-state index in [9.17, 15) is 4.79 Å². The predicted octanol–water partition coefficient (Wildman–Crippen LogP) is 6.04. The number of ether oxygens (including phenoxy) is 1. The van der Waals surface area contributed by atoms with E-state index in [1.54, 1.807) is 13.0 Å². The van der Waals surface area contributed by atoms with Crippen molar-refractivity contribution in [2.45, 2.75) is 6.92 Å². The zero-order valence-electron chi connectivity index (χ0n) is 15.9. The monoisotopic (exact) mass is 402 g/mol. The van der Waals surface area contributed by atoms with Crippen molar-refractivity contribution in [3.8, 4) is 28.3 Å². The van der Waals surface area contributed by atoms with Crippen LogP contribution in [0, 0.1) is 0 Å². The normalized spacial score (nSPS) is 10.7. The molecule has 0 aliphatic heterocycles. The molecule has 144 valence electrons. The van der Waals surface area contributed by atoms with E-state index < -0.39 is 5.97 Å². The Morgan fingerprint density at radius 1 is 0.931 bits per heavy atom. The molecule has 4 aromatic rings. The highest BCUT2D eigenvalue weighted by atomic mass is 35.5. The summed E-state index contributed by atoms with van der Waals surface area (Å²) in [5.74, 6) is 0.218. The SMILES string of the molecule is CCOC(=O)c1c(-c2ccccc2)nc(-c2ccccc2)n1-c1cccc(Cl)c1. The molecule has 0 amide bonds. The summed E-state index contributed by atoms with van der Waals surface area (Å²) >= 11 is 6.26. The Balaban J connectivity index is 2.07. The minimum absolute atomic E-state index is 0.272. The van der Waals surface area contributed by atoms with E-state index in [0.29, 0.717) is 22.2 Å². The molecule has 0 spiro atoms. The summed E-state index contributed by atoms with van der Waals surface area (Å²) in [6.45, 7) is 2.06. The molecule has 0 aliphatic carbocycles. The molecule has 0 fully saturated rings. The van der Waals surface area contributed by atoms with Crippen LogP contribution >= 0.6 is 11.6 Å². The first kappa shape index (κ1) is 19.0. The molecule has 0 atom stereocenters. The second kappa shape index (κ2) is 8.33. The first-order chi connectivity index (χ1) is 14.2. The fourth-order valence-corrected chi connectivity index (χ4v) is 3.44. The maximum atomic E-state index is 13.0. The van der Waals surface area contributed by atoms with Crippen LogP contribution in [0.5, 0.6) is 0 Å². The number of hydrogen-bond acceptors (Lipinski definition) is 3. The van der Waals surface area contributed by atoms with Gasteiger partial charge in [-0.3, -0.25) is 4.57 Å². The molecule has 4 nitrogen and oxygen atoms in total. The van der Waals surface area contributed by atoms with Crippen molar-refractivity contribution in [3.63, 3.8) is 0 Å². The number of benzene rings is 3. The van der Waals surface area contributed by atoms with Crippen LogP contribution in [0.25, 0.3) is 28.3 Å². The standard InChI is InChI=1S/C24H19ClN2O2/c1-2-29-24(28)22-21(17-10-5-3-6-11-17)26-23(18-12-7-4-8-13-18)27(22)20-15-9-14-19(25)16-20/h3-16H,2H2,1H3. The third-order valence-corrected chi connectivity index (χ3v) is 4.73. The third-order valence-electron chi connectivity index (χ3n) is 4.49. The quantitative estimate of drug-likeness (QED) is 0.382. The van der Waals surface area contributed by atoms with Gasteiger partial charge >= 0.3 is 5.97 Å². The molecule has 29 heavy (non-hydrogen) atoms. The van der Waals surface area contributed by atoms with Gasteiger partial charge in [0.1, 0.15) is 11.5 Å². The highest BCUT2D eigenvalue weighted by Crippen LogP contribution is 2.33. The molecular formula is C24H19ClN2O2. The molecule has 0 N–H and O–H groups in total. The van der Waals surface area contributed by atoms with E-state index in [-0.39, 0.29) is 6.61 Å². The lowest BCUT2D eigenvalue weighted by Crippen LogP contribution is -2.13. The average Bonchev–Trinajstić information content (AvgIpc) is 3.16. The van der Waals surface area contributed by atoms with Gasteiger partial charge in [-0.05, 0) is 25.1 Å². The first-order valence-electron chi connectivity index (χ1n) is 9.35. The van der Waals surface area contributed by atoms with Gasteiger partial charge in [-0.2, -0.15) is 0 Å². The summed E-state index contributed by atoms with van der Waals surface area (Å²) < 4.78 is 7.22. The van der Waals surface area contributed by atoms with Crippen molar-refractivity contribution in [2.75, 3.05) is 6.61 Å². The fraction of sp³-hybridized carbons (Fsp3) is 0.0833. The van der Waals surface area contributed by atoms with E-state index in [1.165, 1.54) is 0 Å². The molecule has 0 saturated carbocycles. The lowest BCUT2D eigenvalue weighted by Gasteiger charge is -2.13. The van der Waals surface area contributed by atoms with E-state index in [2.05, 4.69) is 0 Å². The Morgan fingerprint density at radius 2 is 1.59 bits per heavy atom. The molecule has 0 saturated heterocycles. The molecule has 0 unspecified atom stereocenters. The second-order valence-electron chi connectivity index (χ2n) is 6.40. The van der Waals surface area contributed by atoms with Gasteiger partial charge in [0, 0.05) is 21.8 Å². The minimum Gasteiger partial charge on any atom is -0.461 e. The summed E-state index contributed by atoms with van der Waals surface area (Å²) in [5, 5.41) is 0.575. The van der Waals surface area contributed by atoms with Crippen LogP contribution < -0.4 is 0 Å². The van der Waals surface area contributed by atoms with Crippen LogP contribution in [-0.2, 0) is 4.74 Å². The first-order valence-corrected chi connectivity index (χ1v) is 9.73. The van der Waals surface area contributed by atoms with Gasteiger partial charge in [-0.15, -0.1) is 0 Å². The number of carbonyl (C=O) groups is 1. The number of hydrogen-bond donors (Lipinski definition) is 0. The zero-order valence-corrected chi connectivity index (χ0v) is 16.6. The fourth-order valence-electron chi connectivity index (χ4n) is 3.25. The van der Waals surface area contributed by atoms with Crippen molar-refractivity contribution in [1.82, 2.24) is 9.55 Å². The molecule has 1 heterocycles. The number of esters is 1. The van der Waals surface area contributed by atoms with Crippen molar-refractivity contribution in [3.05, 3.63) is 95.6 Å². The Morgan fingerprint density at radius 3 is 2.21 bits per heavy atom. The van der Waals surface area contributed by atoms with Crippen LogP contribution in [0.2, 0.25) is 5.02 Å². The predicted molar refractivity (Wildman–Crippen MR) is 115 cm³/mol. The van der Waals surface area contributed by atoms with Crippen molar-refractivity contribution in [1.29, 1.82) is 0 Å². The Bertz CT molecular complexity index is 1140. The maximum Gasteiger partial charge on any atom is 0.357 e. The van der Waals surface area contributed by atoms with Gasteiger partial charge in [-0.1, -0.05) is 78.3 Å². The molecular weight excluding hydrogens is 384 g/mol. The van der Waals surface area contributed by atoms with E-state index in [4.69, 9.17) is 21.3 Å². The smallest absolute Gasteiger partial charge is 0.357 e. The largest absolute Gasteiger partial charge is 0.461 e. The summed E-state index contributed by atoms with van der Waals surface area (Å²) in [7, 11) is 0. The van der Waals surface area contributed by atoms with Crippen molar-refractivity contribution < 1.29 is 9.53 Å². The summed E-state index contributed by atoms with van der Waals surface area (Å²) in [6.07, 6.45) is 0. The van der Waals surface area contributed by atoms with Gasteiger partial charge in [-0.25, -0.2) is 9.78 Å². The highest BCUT2D eigenvalue weighted by molar-refractivity contribution is 6.30. The van der Waals surface area contributed by atoms with Gasteiger partial charge in [0.05, 0.1) is 6.61 Å². The Kier molecular flexibility index (Phi) is 5.45. The molecule has 5 heteroatoms. The topological polar surface area (TPSA) is 44.1 Å². The number of aromatic nitrogens is 2. The van der Waals surface area contributed by atoms with E-state index in [0.717, 1.165) is 16.8 Å². The Hall–Kier alpha value is -3.37. The Labute approximate surface area is 174 Å². The molecule has 4 rings (SSSR count). The summed E-state index contributed by atoms with van der Waals surface area (Å²) in [5.41, 5.74) is 3.42. The molecule has 3 aromatic carbocycles. The minimum atomic E-state index is -0.430. The third kappa shape index (κ3) is 3.80. The van der Waals surface area contributed by atoms with Gasteiger partial charge in [0.25, 0.3) is 0 Å². The number of rotatable bonds is 5. The maximum absolute atomic E-state index is 13.0. The number of nitrogens with zero attached hydrogens (tertiary/aromatic N) is 2. The second-order valence-corrected chi connectivity index (χ2v) is 6.84. The number of imidazole rings is 1. The lowest BCUT2D eigenvalue weighted by atomic mass is 10.1. The van der Waals surface area contributed by atoms with Gasteiger partial charge < -0.3 is 4.74 Å². The molecule has 0 aliphatic rings. The van der Waals surface area contributed by atoms with Crippen LogP contribution in [0.4, 0.5) is 0 Å². The number of carbonyl (C=O) groups excluding carboxylic acids is 1. The van der Waals surface area contributed by atoms with Gasteiger partial charge in [0.2, 0.25) is 0 Å². The van der Waals surface area contributed by atoms with Crippen LogP contribution in [-0.4, -0.2) is 22.1 Å². The zero-order chi connectivity index (χ0) is 20.2. The highest BCUT2D eigenvalue weighted by Gasteiger charge is 2.27. The van der Waals surface area contributed by atoms with Crippen LogP contribution in [0.3, 0.4) is 0 Å². The van der Waals surface area contributed by atoms with Crippen molar-refractivity contribution in [2.24, 2.45) is 0 Å². The molecule has 1 aromatic heterocycles. The van der Waals surface area contributed by atoms with Crippen molar-refractivity contribution >= 4 is 17.6 Å². The van der Waals surface area contributed by atoms with Gasteiger partial charge in [0.15, 0.2) is 5.69 Å². The average molecular weight is 403 g/mol.